The van der Waals surface area contributed by atoms with E-state index in [0.717, 1.165) is 0 Å². The van der Waals surface area contributed by atoms with Gasteiger partial charge in [-0.15, -0.1) is 0 Å². The summed E-state index contributed by atoms with van der Waals surface area (Å²) < 4.78 is 0. The van der Waals surface area contributed by atoms with Gasteiger partial charge >= 0.3 is 5.97 Å². The normalized spacial score (nSPS) is 9.09. The van der Waals surface area contributed by atoms with Gasteiger partial charge in [0.25, 0.3) is 5.78 Å². The first-order valence-corrected chi connectivity index (χ1v) is 2.90. The molecule has 0 unspecified atom stereocenters. The minimum Gasteiger partial charge on any atom is -0.475 e. The van der Waals surface area contributed by atoms with Gasteiger partial charge in [0.05, 0.1) is 0 Å². The number of carbonyl (C=O) groups excluding carboxylic acids is 1. The highest BCUT2D eigenvalue weighted by molar-refractivity contribution is 6.39. The van der Waals surface area contributed by atoms with Gasteiger partial charge in [-0.2, -0.15) is 0 Å². The van der Waals surface area contributed by atoms with Crippen molar-refractivity contribution in [2.24, 2.45) is 0 Å². The zero-order valence-corrected chi connectivity index (χ0v) is 5.52. The van der Waals surface area contributed by atoms with E-state index in [-0.39, 0.29) is 5.69 Å². The molecule has 0 saturated heterocycles. The summed E-state index contributed by atoms with van der Waals surface area (Å²) in [5, 5.41) is 8.25. The number of rotatable bonds is 2. The zero-order valence-electron chi connectivity index (χ0n) is 5.52. The summed E-state index contributed by atoms with van der Waals surface area (Å²) >= 11 is 0. The van der Waals surface area contributed by atoms with Gasteiger partial charge in [0, 0.05) is 6.20 Å². The summed E-state index contributed by atoms with van der Waals surface area (Å²) in [7, 11) is 0. The van der Waals surface area contributed by atoms with Gasteiger partial charge in [-0.05, 0) is 12.1 Å². The van der Waals surface area contributed by atoms with E-state index < -0.39 is 11.8 Å². The molecule has 4 nitrogen and oxygen atoms in total. The molecule has 0 aliphatic rings. The molecule has 11 heavy (non-hydrogen) atoms. The van der Waals surface area contributed by atoms with Gasteiger partial charge in [-0.3, -0.25) is 9.78 Å². The van der Waals surface area contributed by atoms with Crippen molar-refractivity contribution in [3.8, 4) is 0 Å². The van der Waals surface area contributed by atoms with Crippen LogP contribution >= 0.6 is 0 Å². The number of aromatic nitrogens is 1. The van der Waals surface area contributed by atoms with E-state index in [2.05, 4.69) is 4.98 Å². The van der Waals surface area contributed by atoms with Crippen LogP contribution < -0.4 is 0 Å². The predicted octanol–water partition coefficient (Wildman–Crippen LogP) is 0.349. The lowest BCUT2D eigenvalue weighted by atomic mass is 10.3. The minimum atomic E-state index is -1.48. The van der Waals surface area contributed by atoms with Crippen LogP contribution in [0, 0.1) is 0 Å². The Morgan fingerprint density at radius 2 is 2.09 bits per heavy atom. The van der Waals surface area contributed by atoms with Gasteiger partial charge in [-0.25, -0.2) is 4.79 Å². The standard InChI is InChI=1S/C7H5NO3/c9-6(7(10)11)5-3-1-2-4-8-5/h1-4H,(H,10,11)/i7+1. The Morgan fingerprint density at radius 3 is 2.55 bits per heavy atom. The summed E-state index contributed by atoms with van der Waals surface area (Å²) in [6.45, 7) is 0. The van der Waals surface area contributed by atoms with E-state index >= 15 is 0 Å². The fourth-order valence-electron chi connectivity index (χ4n) is 0.607. The number of Topliss-reactive ketones (excluding diaryl/α,β-unsaturated/α-hetero) is 1. The fraction of sp³-hybridized carbons (Fsp3) is 0. The molecule has 0 aliphatic carbocycles. The molecule has 0 atom stereocenters. The quantitative estimate of drug-likeness (QED) is 0.377. The number of carboxylic acids is 1. The Labute approximate surface area is 62.5 Å². The lowest BCUT2D eigenvalue weighted by Crippen LogP contribution is -2.13. The third kappa shape index (κ3) is 1.61. The number of hydrogen-bond acceptors (Lipinski definition) is 3. The number of pyridine rings is 1. The first kappa shape index (κ1) is 7.40. The molecule has 0 aromatic carbocycles. The number of hydrogen-bond donors (Lipinski definition) is 1. The average Bonchev–Trinajstić information content (AvgIpc) is 2.05. The predicted molar refractivity (Wildman–Crippen MR) is 36.2 cm³/mol. The fourth-order valence-corrected chi connectivity index (χ4v) is 0.607. The third-order valence-corrected chi connectivity index (χ3v) is 1.09. The Kier molecular flexibility index (Phi) is 1.96. The summed E-state index contributed by atoms with van der Waals surface area (Å²) in [6.07, 6.45) is 1.37. The van der Waals surface area contributed by atoms with Crippen LogP contribution in [0.5, 0.6) is 0 Å². The van der Waals surface area contributed by atoms with Gasteiger partial charge in [0.2, 0.25) is 0 Å². The van der Waals surface area contributed by atoms with Gasteiger partial charge < -0.3 is 5.11 Å². The number of ketones is 1. The van der Waals surface area contributed by atoms with Crippen molar-refractivity contribution in [1.29, 1.82) is 0 Å². The van der Waals surface area contributed by atoms with Crippen LogP contribution in [0.25, 0.3) is 0 Å². The molecule has 1 aromatic heterocycles. The van der Waals surface area contributed by atoms with E-state index in [4.69, 9.17) is 5.11 Å². The molecule has 0 bridgehead atoms. The second-order valence-corrected chi connectivity index (χ2v) is 1.85. The largest absolute Gasteiger partial charge is 0.475 e. The molecule has 1 N–H and O–H groups in total. The summed E-state index contributed by atoms with van der Waals surface area (Å²) in [5.41, 5.74) is -0.0417. The lowest BCUT2D eigenvalue weighted by Gasteiger charge is -1.90. The van der Waals surface area contributed by atoms with Crippen molar-refractivity contribution in [3.05, 3.63) is 30.1 Å². The third-order valence-electron chi connectivity index (χ3n) is 1.09. The van der Waals surface area contributed by atoms with Crippen LogP contribution in [-0.4, -0.2) is 21.8 Å². The first-order valence-electron chi connectivity index (χ1n) is 2.90. The highest BCUT2D eigenvalue weighted by Gasteiger charge is 2.14. The molecular formula is C7H5NO3. The van der Waals surface area contributed by atoms with Gasteiger partial charge in [0.1, 0.15) is 5.69 Å². The van der Waals surface area contributed by atoms with Crippen LogP contribution in [0.1, 0.15) is 10.5 Å². The maximum Gasteiger partial charge on any atom is 0.378 e. The Bertz CT molecular complexity index is 281. The Balaban J connectivity index is 2.95. The average molecular weight is 152 g/mol. The van der Waals surface area contributed by atoms with E-state index in [9.17, 15) is 9.59 Å². The molecule has 0 radical (unpaired) electrons. The molecule has 1 aromatic rings. The lowest BCUT2D eigenvalue weighted by molar-refractivity contribution is -0.131. The van der Waals surface area contributed by atoms with Crippen molar-refractivity contribution in [3.63, 3.8) is 0 Å². The maximum atomic E-state index is 10.7. The molecule has 1 rings (SSSR count). The molecule has 0 amide bonds. The van der Waals surface area contributed by atoms with E-state index in [1.54, 1.807) is 12.1 Å². The minimum absolute atomic E-state index is 0.0417. The van der Waals surface area contributed by atoms with Crippen molar-refractivity contribution < 1.29 is 14.7 Å². The zero-order chi connectivity index (χ0) is 8.27. The van der Waals surface area contributed by atoms with Crippen LogP contribution in [0.15, 0.2) is 24.4 Å². The second-order valence-electron chi connectivity index (χ2n) is 1.85. The van der Waals surface area contributed by atoms with Gasteiger partial charge in [0.15, 0.2) is 0 Å². The molecular weight excluding hydrogens is 147 g/mol. The van der Waals surface area contributed by atoms with Gasteiger partial charge in [-0.1, -0.05) is 6.07 Å². The van der Waals surface area contributed by atoms with Crippen LogP contribution in [0.2, 0.25) is 0 Å². The molecule has 4 heteroatoms. The van der Waals surface area contributed by atoms with E-state index in [0.29, 0.717) is 0 Å². The van der Waals surface area contributed by atoms with E-state index in [1.807, 2.05) is 0 Å². The van der Waals surface area contributed by atoms with Crippen molar-refractivity contribution >= 4 is 11.8 Å². The van der Waals surface area contributed by atoms with Crippen molar-refractivity contribution in [2.75, 3.05) is 0 Å². The Hall–Kier alpha value is -1.71. The summed E-state index contributed by atoms with van der Waals surface area (Å²) in [6, 6.07) is 4.53. The van der Waals surface area contributed by atoms with Crippen LogP contribution in [-0.2, 0) is 4.79 Å². The number of nitrogens with zero attached hydrogens (tertiary/aromatic N) is 1. The molecule has 0 fully saturated rings. The smallest absolute Gasteiger partial charge is 0.378 e. The van der Waals surface area contributed by atoms with E-state index in [1.165, 1.54) is 12.3 Å². The number of aliphatic carboxylic acids is 1. The molecule has 0 spiro atoms. The molecule has 1 heterocycles. The van der Waals surface area contributed by atoms with Crippen LogP contribution in [0.4, 0.5) is 0 Å². The SMILES string of the molecule is O=C(c1ccccn1)[13C](=O)O. The van der Waals surface area contributed by atoms with Crippen molar-refractivity contribution in [2.45, 2.75) is 0 Å². The summed E-state index contributed by atoms with van der Waals surface area (Å²) in [5.74, 6) is -2.46. The summed E-state index contributed by atoms with van der Waals surface area (Å²) in [4.78, 5) is 24.4. The Morgan fingerprint density at radius 1 is 1.36 bits per heavy atom. The first-order chi connectivity index (χ1) is 5.22. The number of carbonyl (C=O) groups is 2. The second kappa shape index (κ2) is 2.92. The monoisotopic (exact) mass is 152 g/mol. The number of carboxylic acid groups (broad SMARTS) is 1. The highest BCUT2D eigenvalue weighted by Crippen LogP contribution is 1.94. The molecule has 0 saturated carbocycles. The molecule has 56 valence electrons. The maximum absolute atomic E-state index is 10.7. The van der Waals surface area contributed by atoms with Crippen molar-refractivity contribution in [1.82, 2.24) is 4.98 Å². The molecule has 0 aliphatic heterocycles. The topological polar surface area (TPSA) is 67.3 Å². The highest BCUT2D eigenvalue weighted by atomic mass is 16.5. The van der Waals surface area contributed by atoms with Crippen LogP contribution in [0.3, 0.4) is 0 Å².